The molecule has 112 valence electrons. The van der Waals surface area contributed by atoms with Gasteiger partial charge >= 0.3 is 0 Å². The fourth-order valence-electron chi connectivity index (χ4n) is 3.38. The topological polar surface area (TPSA) is 49.6 Å². The van der Waals surface area contributed by atoms with E-state index in [4.69, 9.17) is 5.73 Å². The van der Waals surface area contributed by atoms with E-state index in [0.717, 1.165) is 19.5 Å². The number of carbonyl (C=O) groups excluding carboxylic acids is 1. The molecule has 0 aliphatic carbocycles. The van der Waals surface area contributed by atoms with E-state index in [2.05, 4.69) is 18.7 Å². The molecule has 1 aliphatic heterocycles. The highest BCUT2D eigenvalue weighted by Gasteiger charge is 2.35. The Balaban J connectivity index is 2.69. The van der Waals surface area contributed by atoms with E-state index < -0.39 is 0 Å². The first-order valence-corrected chi connectivity index (χ1v) is 7.84. The second-order valence-corrected chi connectivity index (χ2v) is 5.60. The Hall–Kier alpha value is -0.610. The van der Waals surface area contributed by atoms with Crippen LogP contribution in [0.4, 0.5) is 0 Å². The number of rotatable bonds is 7. The van der Waals surface area contributed by atoms with E-state index in [1.165, 1.54) is 12.8 Å². The maximum Gasteiger partial charge on any atom is 0.224 e. The average Bonchev–Trinajstić information content (AvgIpc) is 2.78. The Bertz CT molecular complexity index is 279. The third-order valence-corrected chi connectivity index (χ3v) is 4.54. The molecule has 1 heterocycles. The van der Waals surface area contributed by atoms with Gasteiger partial charge in [-0.1, -0.05) is 6.92 Å². The summed E-state index contributed by atoms with van der Waals surface area (Å²) < 4.78 is 0. The van der Waals surface area contributed by atoms with Gasteiger partial charge < -0.3 is 10.6 Å². The summed E-state index contributed by atoms with van der Waals surface area (Å²) in [6.45, 7) is 10.7. The van der Waals surface area contributed by atoms with Crippen molar-refractivity contribution in [3.8, 4) is 0 Å². The Labute approximate surface area is 118 Å². The summed E-state index contributed by atoms with van der Waals surface area (Å²) in [5.74, 6) is 0.245. The first-order chi connectivity index (χ1) is 9.08. The molecular weight excluding hydrogens is 238 g/mol. The average molecular weight is 269 g/mol. The monoisotopic (exact) mass is 269 g/mol. The van der Waals surface area contributed by atoms with Gasteiger partial charge in [-0.25, -0.2) is 0 Å². The lowest BCUT2D eigenvalue weighted by Crippen LogP contribution is -2.49. The molecule has 3 atom stereocenters. The van der Waals surface area contributed by atoms with Crippen molar-refractivity contribution in [1.82, 2.24) is 9.80 Å². The van der Waals surface area contributed by atoms with Gasteiger partial charge in [-0.15, -0.1) is 0 Å². The molecule has 0 aromatic heterocycles. The van der Waals surface area contributed by atoms with Crippen LogP contribution in [-0.4, -0.2) is 53.5 Å². The molecule has 19 heavy (non-hydrogen) atoms. The van der Waals surface area contributed by atoms with Crippen LogP contribution < -0.4 is 5.73 Å². The first kappa shape index (κ1) is 16.4. The molecule has 0 bridgehead atoms. The number of carbonyl (C=O) groups is 1. The molecule has 1 amide bonds. The molecular formula is C15H31N3O. The zero-order valence-corrected chi connectivity index (χ0v) is 13.1. The molecule has 1 rings (SSSR count). The van der Waals surface area contributed by atoms with Gasteiger partial charge in [-0.2, -0.15) is 0 Å². The molecule has 0 spiro atoms. The molecule has 0 aromatic rings. The fraction of sp³-hybridized carbons (Fsp3) is 0.933. The molecule has 3 unspecified atom stereocenters. The van der Waals surface area contributed by atoms with E-state index in [-0.39, 0.29) is 11.9 Å². The van der Waals surface area contributed by atoms with Crippen LogP contribution in [0.2, 0.25) is 0 Å². The van der Waals surface area contributed by atoms with Crippen molar-refractivity contribution in [2.75, 3.05) is 19.6 Å². The van der Waals surface area contributed by atoms with Gasteiger partial charge in [0.05, 0.1) is 0 Å². The van der Waals surface area contributed by atoms with Crippen molar-refractivity contribution in [1.29, 1.82) is 0 Å². The minimum absolute atomic E-state index is 0.204. The summed E-state index contributed by atoms with van der Waals surface area (Å²) in [5.41, 5.74) is 5.95. The second-order valence-electron chi connectivity index (χ2n) is 5.60. The Morgan fingerprint density at radius 2 is 1.95 bits per heavy atom. The van der Waals surface area contributed by atoms with E-state index in [1.807, 2.05) is 18.7 Å². The van der Waals surface area contributed by atoms with Gasteiger partial charge in [0.15, 0.2) is 0 Å². The van der Waals surface area contributed by atoms with Crippen LogP contribution in [0, 0.1) is 0 Å². The molecule has 1 fully saturated rings. The zero-order chi connectivity index (χ0) is 14.4. The van der Waals surface area contributed by atoms with Gasteiger partial charge in [0.25, 0.3) is 0 Å². The number of nitrogens with two attached hydrogens (primary N) is 1. The summed E-state index contributed by atoms with van der Waals surface area (Å²) in [7, 11) is 0. The zero-order valence-electron chi connectivity index (χ0n) is 13.1. The van der Waals surface area contributed by atoms with Crippen LogP contribution in [0.15, 0.2) is 0 Å². The third kappa shape index (κ3) is 3.93. The van der Waals surface area contributed by atoms with Crippen LogP contribution in [0.3, 0.4) is 0 Å². The molecule has 4 heteroatoms. The van der Waals surface area contributed by atoms with E-state index in [9.17, 15) is 4.79 Å². The van der Waals surface area contributed by atoms with Gasteiger partial charge in [0, 0.05) is 44.2 Å². The largest absolute Gasteiger partial charge is 0.343 e. The summed E-state index contributed by atoms with van der Waals surface area (Å²) in [6, 6.07) is 1.37. The summed E-state index contributed by atoms with van der Waals surface area (Å²) in [5, 5.41) is 0. The Morgan fingerprint density at radius 1 is 1.32 bits per heavy atom. The van der Waals surface area contributed by atoms with Crippen LogP contribution in [0.1, 0.15) is 53.4 Å². The summed E-state index contributed by atoms with van der Waals surface area (Å²) in [6.07, 6.45) is 4.20. The Kier molecular flexibility index (Phi) is 6.80. The van der Waals surface area contributed by atoms with Crippen LogP contribution in [0.25, 0.3) is 0 Å². The van der Waals surface area contributed by atoms with E-state index in [1.54, 1.807) is 0 Å². The van der Waals surface area contributed by atoms with Crippen molar-refractivity contribution in [2.24, 2.45) is 5.73 Å². The molecule has 0 radical (unpaired) electrons. The minimum atomic E-state index is 0.204. The summed E-state index contributed by atoms with van der Waals surface area (Å²) in [4.78, 5) is 16.7. The number of likely N-dealkylation sites (tertiary alicyclic amines) is 1. The molecule has 0 saturated carbocycles. The second kappa shape index (κ2) is 7.85. The SMILES string of the molecule is CCC1CCC(C)N1C(CN)CC(=O)N(CC)CC. The predicted molar refractivity (Wildman–Crippen MR) is 80.0 cm³/mol. The molecule has 0 aromatic carbocycles. The third-order valence-electron chi connectivity index (χ3n) is 4.54. The minimum Gasteiger partial charge on any atom is -0.343 e. The van der Waals surface area contributed by atoms with Gasteiger partial charge in [0.2, 0.25) is 5.91 Å². The van der Waals surface area contributed by atoms with Crippen molar-refractivity contribution in [3.05, 3.63) is 0 Å². The molecule has 2 N–H and O–H groups in total. The fourth-order valence-corrected chi connectivity index (χ4v) is 3.38. The lowest BCUT2D eigenvalue weighted by atomic mass is 10.1. The van der Waals surface area contributed by atoms with Gasteiger partial charge in [0.1, 0.15) is 0 Å². The van der Waals surface area contributed by atoms with Crippen molar-refractivity contribution in [2.45, 2.75) is 71.5 Å². The normalized spacial score (nSPS) is 25.5. The number of hydrogen-bond acceptors (Lipinski definition) is 3. The van der Waals surface area contributed by atoms with Crippen molar-refractivity contribution < 1.29 is 4.79 Å². The summed E-state index contributed by atoms with van der Waals surface area (Å²) >= 11 is 0. The predicted octanol–water partition coefficient (Wildman–Crippen LogP) is 1.84. The highest BCUT2D eigenvalue weighted by atomic mass is 16.2. The van der Waals surface area contributed by atoms with Crippen LogP contribution >= 0.6 is 0 Å². The highest BCUT2D eigenvalue weighted by molar-refractivity contribution is 5.76. The molecule has 1 saturated heterocycles. The Morgan fingerprint density at radius 3 is 2.42 bits per heavy atom. The molecule has 1 aliphatic rings. The number of amides is 1. The maximum atomic E-state index is 12.3. The van der Waals surface area contributed by atoms with Crippen LogP contribution in [0.5, 0.6) is 0 Å². The van der Waals surface area contributed by atoms with Crippen molar-refractivity contribution >= 4 is 5.91 Å². The molecule has 4 nitrogen and oxygen atoms in total. The maximum absolute atomic E-state index is 12.3. The van der Waals surface area contributed by atoms with Crippen LogP contribution in [-0.2, 0) is 4.79 Å². The van der Waals surface area contributed by atoms with E-state index >= 15 is 0 Å². The lowest BCUT2D eigenvalue weighted by molar-refractivity contribution is -0.132. The van der Waals surface area contributed by atoms with E-state index in [0.29, 0.717) is 25.0 Å². The first-order valence-electron chi connectivity index (χ1n) is 7.84. The van der Waals surface area contributed by atoms with Crippen molar-refractivity contribution in [3.63, 3.8) is 0 Å². The lowest BCUT2D eigenvalue weighted by Gasteiger charge is -2.36. The van der Waals surface area contributed by atoms with Gasteiger partial charge in [-0.05, 0) is 40.0 Å². The quantitative estimate of drug-likeness (QED) is 0.767. The number of hydrogen-bond donors (Lipinski definition) is 1. The highest BCUT2D eigenvalue weighted by Crippen LogP contribution is 2.29. The van der Waals surface area contributed by atoms with Gasteiger partial charge in [-0.3, -0.25) is 9.69 Å². The standard InChI is InChI=1S/C15H31N3O/c1-5-13-9-8-12(4)18(13)14(11-16)10-15(19)17(6-2)7-3/h12-14H,5-11,16H2,1-4H3. The number of nitrogens with zero attached hydrogens (tertiary/aromatic N) is 2. The smallest absolute Gasteiger partial charge is 0.224 e.